The summed E-state index contributed by atoms with van der Waals surface area (Å²) >= 11 is 0. The molecule has 1 aliphatic rings. The van der Waals surface area contributed by atoms with Gasteiger partial charge in [-0.05, 0) is 14.0 Å². The minimum absolute atomic E-state index is 0.0962. The van der Waals surface area contributed by atoms with E-state index in [2.05, 4.69) is 16.8 Å². The van der Waals surface area contributed by atoms with E-state index in [-0.39, 0.29) is 11.4 Å². The number of piperazine rings is 1. The SMILES string of the molecule is C/C(N)=C(\C#N)C(=O)CN1CCN(C)CC1. The average Bonchev–Trinajstić information content (AvgIpc) is 2.22. The van der Waals surface area contributed by atoms with Crippen LogP contribution < -0.4 is 5.73 Å². The number of ketones is 1. The van der Waals surface area contributed by atoms with Crippen LogP contribution in [0.15, 0.2) is 11.3 Å². The summed E-state index contributed by atoms with van der Waals surface area (Å²) in [5, 5.41) is 8.80. The first-order chi connectivity index (χ1) is 7.54. The molecule has 1 saturated heterocycles. The van der Waals surface area contributed by atoms with Gasteiger partial charge in [-0.3, -0.25) is 9.69 Å². The molecule has 0 aromatic carbocycles. The Hall–Kier alpha value is -1.38. The summed E-state index contributed by atoms with van der Waals surface area (Å²) in [5.41, 5.74) is 5.89. The molecule has 1 heterocycles. The molecule has 1 rings (SSSR count). The van der Waals surface area contributed by atoms with Crippen molar-refractivity contribution < 1.29 is 4.79 Å². The molecule has 0 saturated carbocycles. The van der Waals surface area contributed by atoms with Crippen LogP contribution >= 0.6 is 0 Å². The summed E-state index contributed by atoms with van der Waals surface area (Å²) in [6.45, 7) is 5.53. The molecule has 0 aliphatic carbocycles. The molecule has 1 aliphatic heterocycles. The van der Waals surface area contributed by atoms with Gasteiger partial charge in [-0.1, -0.05) is 0 Å². The highest BCUT2D eigenvalue weighted by Crippen LogP contribution is 2.04. The predicted octanol–water partition coefficient (Wildman–Crippen LogP) is -0.441. The van der Waals surface area contributed by atoms with Crippen LogP contribution in [0.5, 0.6) is 0 Å². The molecule has 88 valence electrons. The molecule has 0 amide bonds. The van der Waals surface area contributed by atoms with Gasteiger partial charge in [0.25, 0.3) is 0 Å². The molecule has 2 N–H and O–H groups in total. The summed E-state index contributed by atoms with van der Waals surface area (Å²) in [4.78, 5) is 16.0. The van der Waals surface area contributed by atoms with Crippen LogP contribution in [0.25, 0.3) is 0 Å². The Labute approximate surface area is 96.1 Å². The second-order valence-electron chi connectivity index (χ2n) is 4.17. The van der Waals surface area contributed by atoms with Gasteiger partial charge in [0.05, 0.1) is 6.54 Å². The third kappa shape index (κ3) is 3.33. The maximum atomic E-state index is 11.7. The van der Waals surface area contributed by atoms with Crippen molar-refractivity contribution in [3.8, 4) is 6.07 Å². The van der Waals surface area contributed by atoms with Crippen molar-refractivity contribution in [2.45, 2.75) is 6.92 Å². The number of nitrogens with two attached hydrogens (primary N) is 1. The first-order valence-corrected chi connectivity index (χ1v) is 5.35. The number of Topliss-reactive ketones (excluding diaryl/α,β-unsaturated/α-hetero) is 1. The molecule has 16 heavy (non-hydrogen) atoms. The van der Waals surface area contributed by atoms with Crippen LogP contribution in [0.1, 0.15) is 6.92 Å². The Morgan fingerprint density at radius 3 is 2.38 bits per heavy atom. The van der Waals surface area contributed by atoms with Crippen molar-refractivity contribution in [2.24, 2.45) is 5.73 Å². The van der Waals surface area contributed by atoms with Gasteiger partial charge in [-0.25, -0.2) is 0 Å². The Balaban J connectivity index is 2.53. The maximum Gasteiger partial charge on any atom is 0.189 e. The number of likely N-dealkylation sites (N-methyl/N-ethyl adjacent to an activating group) is 1. The van der Waals surface area contributed by atoms with E-state index in [1.165, 1.54) is 0 Å². The third-order valence-electron chi connectivity index (χ3n) is 2.75. The van der Waals surface area contributed by atoms with Crippen LogP contribution in [-0.2, 0) is 4.79 Å². The van der Waals surface area contributed by atoms with Gasteiger partial charge in [0.1, 0.15) is 11.6 Å². The summed E-state index contributed by atoms with van der Waals surface area (Å²) in [7, 11) is 2.06. The van der Waals surface area contributed by atoms with Crippen molar-refractivity contribution in [3.05, 3.63) is 11.3 Å². The van der Waals surface area contributed by atoms with Gasteiger partial charge in [0, 0.05) is 31.9 Å². The second-order valence-corrected chi connectivity index (χ2v) is 4.17. The largest absolute Gasteiger partial charge is 0.401 e. The Morgan fingerprint density at radius 1 is 1.38 bits per heavy atom. The lowest BCUT2D eigenvalue weighted by atomic mass is 10.1. The van der Waals surface area contributed by atoms with E-state index in [0.717, 1.165) is 26.2 Å². The number of allylic oxidation sites excluding steroid dienone is 1. The molecule has 5 nitrogen and oxygen atoms in total. The lowest BCUT2D eigenvalue weighted by Crippen LogP contribution is -2.46. The van der Waals surface area contributed by atoms with Crippen LogP contribution in [0.2, 0.25) is 0 Å². The zero-order valence-corrected chi connectivity index (χ0v) is 9.86. The molecular weight excluding hydrogens is 204 g/mol. The summed E-state index contributed by atoms with van der Waals surface area (Å²) < 4.78 is 0. The molecule has 0 bridgehead atoms. The van der Waals surface area contributed by atoms with Crippen molar-refractivity contribution in [3.63, 3.8) is 0 Å². The van der Waals surface area contributed by atoms with E-state index in [1.807, 2.05) is 6.07 Å². The molecule has 1 fully saturated rings. The molecule has 0 aromatic rings. The lowest BCUT2D eigenvalue weighted by Gasteiger charge is -2.31. The zero-order valence-electron chi connectivity index (χ0n) is 9.86. The van der Waals surface area contributed by atoms with Crippen molar-refractivity contribution >= 4 is 5.78 Å². The average molecular weight is 222 g/mol. The molecule has 0 unspecified atom stereocenters. The fraction of sp³-hybridized carbons (Fsp3) is 0.636. The quantitative estimate of drug-likeness (QED) is 0.517. The van der Waals surface area contributed by atoms with E-state index in [9.17, 15) is 4.79 Å². The van der Waals surface area contributed by atoms with Crippen LogP contribution in [0, 0.1) is 11.3 Å². The summed E-state index contributed by atoms with van der Waals surface area (Å²) in [5.74, 6) is -0.174. The standard InChI is InChI=1S/C11H18N4O/c1-9(13)10(7-12)11(16)8-15-5-3-14(2)4-6-15/h3-6,8,13H2,1-2H3/b10-9-. The van der Waals surface area contributed by atoms with Gasteiger partial charge in [-0.15, -0.1) is 0 Å². The Bertz CT molecular complexity index is 330. The first kappa shape index (κ1) is 12.7. The number of hydrogen-bond acceptors (Lipinski definition) is 5. The molecule has 0 atom stereocenters. The van der Waals surface area contributed by atoms with Gasteiger partial charge in [0.15, 0.2) is 5.78 Å². The fourth-order valence-electron chi connectivity index (χ4n) is 1.66. The number of carbonyl (C=O) groups is 1. The predicted molar refractivity (Wildman–Crippen MR) is 61.4 cm³/mol. The van der Waals surface area contributed by atoms with Crippen molar-refractivity contribution in [1.29, 1.82) is 5.26 Å². The highest BCUT2D eigenvalue weighted by molar-refractivity contribution is 6.01. The fourth-order valence-corrected chi connectivity index (χ4v) is 1.66. The first-order valence-electron chi connectivity index (χ1n) is 5.35. The number of nitrogens with zero attached hydrogens (tertiary/aromatic N) is 3. The summed E-state index contributed by atoms with van der Waals surface area (Å²) in [6, 6.07) is 1.87. The molecular formula is C11H18N4O. The van der Waals surface area contributed by atoms with Crippen molar-refractivity contribution in [1.82, 2.24) is 9.80 Å². The Morgan fingerprint density at radius 2 is 1.94 bits per heavy atom. The monoisotopic (exact) mass is 222 g/mol. The highest BCUT2D eigenvalue weighted by Gasteiger charge is 2.19. The highest BCUT2D eigenvalue weighted by atomic mass is 16.1. The van der Waals surface area contributed by atoms with Crippen LogP contribution in [0.4, 0.5) is 0 Å². The second kappa shape index (κ2) is 5.64. The number of hydrogen-bond donors (Lipinski definition) is 1. The van der Waals surface area contributed by atoms with E-state index in [0.29, 0.717) is 12.2 Å². The zero-order chi connectivity index (χ0) is 12.1. The van der Waals surface area contributed by atoms with Crippen LogP contribution in [-0.4, -0.2) is 55.4 Å². The molecule has 0 aromatic heterocycles. The van der Waals surface area contributed by atoms with Gasteiger partial charge < -0.3 is 10.6 Å². The third-order valence-corrected chi connectivity index (χ3v) is 2.75. The van der Waals surface area contributed by atoms with E-state index in [4.69, 9.17) is 11.0 Å². The number of carbonyl (C=O) groups excluding carboxylic acids is 1. The minimum Gasteiger partial charge on any atom is -0.401 e. The maximum absolute atomic E-state index is 11.7. The minimum atomic E-state index is -0.174. The summed E-state index contributed by atoms with van der Waals surface area (Å²) in [6.07, 6.45) is 0. The Kier molecular flexibility index (Phi) is 4.47. The molecule has 0 radical (unpaired) electrons. The van der Waals surface area contributed by atoms with Gasteiger partial charge in [-0.2, -0.15) is 5.26 Å². The van der Waals surface area contributed by atoms with Crippen LogP contribution in [0.3, 0.4) is 0 Å². The van der Waals surface area contributed by atoms with Gasteiger partial charge in [0.2, 0.25) is 0 Å². The van der Waals surface area contributed by atoms with E-state index >= 15 is 0 Å². The number of rotatable bonds is 3. The number of nitriles is 1. The smallest absolute Gasteiger partial charge is 0.189 e. The normalized spacial score (nSPS) is 20.1. The van der Waals surface area contributed by atoms with E-state index in [1.54, 1.807) is 6.92 Å². The topological polar surface area (TPSA) is 73.4 Å². The van der Waals surface area contributed by atoms with E-state index < -0.39 is 0 Å². The molecule has 0 spiro atoms. The lowest BCUT2D eigenvalue weighted by molar-refractivity contribution is -0.116. The van der Waals surface area contributed by atoms with Crippen molar-refractivity contribution in [2.75, 3.05) is 39.8 Å². The molecule has 5 heteroatoms. The van der Waals surface area contributed by atoms with Gasteiger partial charge >= 0.3 is 0 Å².